The molecule has 1 heterocycles. The fraction of sp³-hybridized carbons (Fsp3) is 0.389. The quantitative estimate of drug-likeness (QED) is 0.794. The van der Waals surface area contributed by atoms with Crippen molar-refractivity contribution in [2.45, 2.75) is 25.2 Å². The minimum absolute atomic E-state index is 0.0516. The SMILES string of the molecule is CC(=O)CNC(=O)C1=C(O)c2ccc(F)c(F)c2C2(CCOCC2)C1=O. The molecule has 1 saturated heterocycles. The van der Waals surface area contributed by atoms with Gasteiger partial charge in [-0.05, 0) is 31.9 Å². The third kappa shape index (κ3) is 2.70. The molecule has 0 aromatic heterocycles. The third-order valence-corrected chi connectivity index (χ3v) is 4.80. The van der Waals surface area contributed by atoms with E-state index < -0.39 is 40.1 Å². The van der Waals surface area contributed by atoms with Crippen molar-refractivity contribution in [3.05, 3.63) is 40.5 Å². The Kier molecular flexibility index (Phi) is 4.62. The van der Waals surface area contributed by atoms with Crippen molar-refractivity contribution in [3.8, 4) is 0 Å². The Labute approximate surface area is 147 Å². The number of rotatable bonds is 3. The summed E-state index contributed by atoms with van der Waals surface area (Å²) in [4.78, 5) is 36.6. The van der Waals surface area contributed by atoms with Crippen LogP contribution in [-0.4, -0.2) is 42.3 Å². The number of carbonyl (C=O) groups is 3. The van der Waals surface area contributed by atoms with Crippen molar-refractivity contribution in [2.75, 3.05) is 19.8 Å². The molecule has 0 radical (unpaired) electrons. The molecule has 2 aliphatic rings. The smallest absolute Gasteiger partial charge is 0.259 e. The second kappa shape index (κ2) is 6.60. The van der Waals surface area contributed by atoms with Crippen molar-refractivity contribution >= 4 is 23.2 Å². The number of nitrogens with one attached hydrogen (secondary N) is 1. The maximum Gasteiger partial charge on any atom is 0.259 e. The highest BCUT2D eigenvalue weighted by atomic mass is 19.2. The molecule has 138 valence electrons. The molecule has 8 heteroatoms. The lowest BCUT2D eigenvalue weighted by Crippen LogP contribution is -2.49. The standard InChI is InChI=1S/C18H17F2NO5/c1-9(22)8-21-17(25)12-15(23)10-2-3-11(19)14(20)13(10)18(16(12)24)4-6-26-7-5-18/h2-3,23H,4-8H2,1H3,(H,21,25). The molecule has 1 fully saturated rings. The maximum absolute atomic E-state index is 14.6. The Morgan fingerprint density at radius 3 is 2.54 bits per heavy atom. The second-order valence-corrected chi connectivity index (χ2v) is 6.42. The Morgan fingerprint density at radius 2 is 1.92 bits per heavy atom. The molecular formula is C18H17F2NO5. The van der Waals surface area contributed by atoms with Gasteiger partial charge in [0.15, 0.2) is 17.4 Å². The first-order chi connectivity index (χ1) is 12.3. The minimum Gasteiger partial charge on any atom is -0.506 e. The van der Waals surface area contributed by atoms with E-state index in [0.717, 1.165) is 12.1 Å². The Balaban J connectivity index is 2.20. The second-order valence-electron chi connectivity index (χ2n) is 6.42. The first-order valence-electron chi connectivity index (χ1n) is 8.12. The summed E-state index contributed by atoms with van der Waals surface area (Å²) in [5, 5.41) is 12.7. The summed E-state index contributed by atoms with van der Waals surface area (Å²) in [7, 11) is 0. The summed E-state index contributed by atoms with van der Waals surface area (Å²) in [5.41, 5.74) is -2.38. The molecule has 0 atom stereocenters. The van der Waals surface area contributed by atoms with Crippen LogP contribution in [0.4, 0.5) is 8.78 Å². The van der Waals surface area contributed by atoms with Gasteiger partial charge in [-0.2, -0.15) is 0 Å². The van der Waals surface area contributed by atoms with Gasteiger partial charge in [0, 0.05) is 24.3 Å². The van der Waals surface area contributed by atoms with Crippen molar-refractivity contribution < 1.29 is 33.0 Å². The van der Waals surface area contributed by atoms with Gasteiger partial charge in [-0.3, -0.25) is 14.4 Å². The number of aliphatic hydroxyl groups excluding tert-OH is 1. The summed E-state index contributed by atoms with van der Waals surface area (Å²) >= 11 is 0. The Bertz CT molecular complexity index is 840. The van der Waals surface area contributed by atoms with Crippen molar-refractivity contribution in [1.82, 2.24) is 5.32 Å². The minimum atomic E-state index is -1.49. The van der Waals surface area contributed by atoms with E-state index in [1.165, 1.54) is 6.92 Å². The summed E-state index contributed by atoms with van der Waals surface area (Å²) < 4.78 is 33.7. The molecule has 1 aliphatic heterocycles. The van der Waals surface area contributed by atoms with Gasteiger partial charge in [-0.15, -0.1) is 0 Å². The van der Waals surface area contributed by atoms with E-state index in [0.29, 0.717) is 0 Å². The molecule has 2 N–H and O–H groups in total. The maximum atomic E-state index is 14.6. The highest BCUT2D eigenvalue weighted by Crippen LogP contribution is 2.47. The Hall–Kier alpha value is -2.61. The van der Waals surface area contributed by atoms with E-state index >= 15 is 0 Å². The van der Waals surface area contributed by atoms with Gasteiger partial charge in [-0.1, -0.05) is 0 Å². The average molecular weight is 365 g/mol. The predicted molar refractivity (Wildman–Crippen MR) is 86.3 cm³/mol. The van der Waals surface area contributed by atoms with Gasteiger partial charge in [0.05, 0.1) is 12.0 Å². The lowest BCUT2D eigenvalue weighted by molar-refractivity contribution is -0.129. The number of amides is 1. The summed E-state index contributed by atoms with van der Waals surface area (Å²) in [6.45, 7) is 1.20. The van der Waals surface area contributed by atoms with Crippen LogP contribution in [0.2, 0.25) is 0 Å². The zero-order chi connectivity index (χ0) is 19.1. The van der Waals surface area contributed by atoms with Crippen molar-refractivity contribution in [3.63, 3.8) is 0 Å². The predicted octanol–water partition coefficient (Wildman–Crippen LogP) is 1.57. The lowest BCUT2D eigenvalue weighted by atomic mass is 9.64. The number of benzene rings is 1. The number of Topliss-reactive ketones (excluding diaryl/α,β-unsaturated/α-hetero) is 2. The van der Waals surface area contributed by atoms with Crippen LogP contribution in [0.3, 0.4) is 0 Å². The molecule has 6 nitrogen and oxygen atoms in total. The molecule has 1 aliphatic carbocycles. The van der Waals surface area contributed by atoms with Gasteiger partial charge in [-0.25, -0.2) is 8.78 Å². The van der Waals surface area contributed by atoms with Crippen LogP contribution in [0.1, 0.15) is 30.9 Å². The van der Waals surface area contributed by atoms with Crippen LogP contribution in [0, 0.1) is 11.6 Å². The molecular weight excluding hydrogens is 348 g/mol. The lowest BCUT2D eigenvalue weighted by Gasteiger charge is -2.40. The summed E-state index contributed by atoms with van der Waals surface area (Å²) in [6.07, 6.45) is 0.103. The van der Waals surface area contributed by atoms with Crippen LogP contribution < -0.4 is 5.32 Å². The summed E-state index contributed by atoms with van der Waals surface area (Å²) in [6, 6.07) is 1.98. The monoisotopic (exact) mass is 365 g/mol. The molecule has 26 heavy (non-hydrogen) atoms. The van der Waals surface area contributed by atoms with Crippen LogP contribution in [0.15, 0.2) is 17.7 Å². The molecule has 1 aromatic carbocycles. The number of halogens is 2. The fourth-order valence-electron chi connectivity index (χ4n) is 3.51. The van der Waals surface area contributed by atoms with E-state index in [1.54, 1.807) is 0 Å². The number of ether oxygens (including phenoxy) is 1. The molecule has 3 rings (SSSR count). The number of carbonyl (C=O) groups excluding carboxylic acids is 3. The van der Waals surface area contributed by atoms with E-state index in [4.69, 9.17) is 4.74 Å². The first kappa shape index (κ1) is 18.2. The van der Waals surface area contributed by atoms with Crippen LogP contribution in [0.5, 0.6) is 0 Å². The number of ketones is 2. The molecule has 0 saturated carbocycles. The highest BCUT2D eigenvalue weighted by Gasteiger charge is 2.52. The molecule has 1 aromatic rings. The van der Waals surface area contributed by atoms with E-state index in [-0.39, 0.29) is 49.5 Å². The number of hydrogen-bond donors (Lipinski definition) is 2. The first-order valence-corrected chi connectivity index (χ1v) is 8.12. The van der Waals surface area contributed by atoms with Gasteiger partial charge in [0.25, 0.3) is 5.91 Å². The zero-order valence-electron chi connectivity index (χ0n) is 14.0. The molecule has 0 unspecified atom stereocenters. The van der Waals surface area contributed by atoms with Crippen LogP contribution >= 0.6 is 0 Å². The van der Waals surface area contributed by atoms with Crippen molar-refractivity contribution in [2.24, 2.45) is 0 Å². The van der Waals surface area contributed by atoms with Crippen LogP contribution in [0.25, 0.3) is 5.76 Å². The molecule has 0 bridgehead atoms. The number of fused-ring (bicyclic) bond motifs is 2. The van der Waals surface area contributed by atoms with E-state index in [2.05, 4.69) is 5.32 Å². The topological polar surface area (TPSA) is 92.7 Å². The number of aliphatic hydroxyl groups is 1. The van der Waals surface area contributed by atoms with E-state index in [9.17, 15) is 28.3 Å². The third-order valence-electron chi connectivity index (χ3n) is 4.80. The van der Waals surface area contributed by atoms with Gasteiger partial charge in [0.2, 0.25) is 0 Å². The highest BCUT2D eigenvalue weighted by molar-refractivity contribution is 6.28. The normalized spacial score (nSPS) is 18.7. The van der Waals surface area contributed by atoms with Gasteiger partial charge in [0.1, 0.15) is 17.1 Å². The van der Waals surface area contributed by atoms with Crippen molar-refractivity contribution in [1.29, 1.82) is 0 Å². The Morgan fingerprint density at radius 1 is 1.27 bits per heavy atom. The van der Waals surface area contributed by atoms with Crippen LogP contribution in [-0.2, 0) is 24.5 Å². The summed E-state index contributed by atoms with van der Waals surface area (Å²) in [5.74, 6) is -5.13. The van der Waals surface area contributed by atoms with Gasteiger partial charge >= 0.3 is 0 Å². The van der Waals surface area contributed by atoms with Gasteiger partial charge < -0.3 is 15.2 Å². The fourth-order valence-corrected chi connectivity index (χ4v) is 3.51. The largest absolute Gasteiger partial charge is 0.506 e. The molecule has 1 spiro atoms. The average Bonchev–Trinajstić information content (AvgIpc) is 2.61. The molecule has 1 amide bonds. The number of hydrogen-bond acceptors (Lipinski definition) is 5. The zero-order valence-corrected chi connectivity index (χ0v) is 14.0. The van der Waals surface area contributed by atoms with E-state index in [1.807, 2.05) is 0 Å².